The first-order valence-electron chi connectivity index (χ1n) is 6.32. The summed E-state index contributed by atoms with van der Waals surface area (Å²) >= 11 is 0. The van der Waals surface area contributed by atoms with E-state index in [1.165, 1.54) is 4.68 Å². The topological polar surface area (TPSA) is 93.2 Å². The van der Waals surface area contributed by atoms with E-state index >= 15 is 0 Å². The Morgan fingerprint density at radius 3 is 2.94 bits per heavy atom. The summed E-state index contributed by atoms with van der Waals surface area (Å²) in [5.41, 5.74) is 6.37. The zero-order chi connectivity index (χ0) is 13.1. The normalized spacial score (nSPS) is 23.9. The van der Waals surface area contributed by atoms with E-state index in [0.717, 1.165) is 25.7 Å². The van der Waals surface area contributed by atoms with Crippen molar-refractivity contribution >= 4 is 11.6 Å². The number of nitrogen functional groups attached to an aromatic ring is 1. The van der Waals surface area contributed by atoms with Gasteiger partial charge in [0.25, 0.3) is 5.91 Å². The van der Waals surface area contributed by atoms with Gasteiger partial charge in [-0.2, -0.15) is 5.10 Å². The molecule has 1 aromatic rings. The predicted octanol–water partition coefficient (Wildman–Crippen LogP) is 0.283. The third-order valence-electron chi connectivity index (χ3n) is 3.53. The number of nitrogens with zero attached hydrogens (tertiary/aromatic N) is 2. The molecule has 6 heteroatoms. The monoisotopic (exact) mass is 252 g/mol. The number of carbonyl (C=O) groups excluding carboxylic acids is 1. The summed E-state index contributed by atoms with van der Waals surface area (Å²) in [6.45, 7) is 0.114. The fourth-order valence-electron chi connectivity index (χ4n) is 2.54. The number of anilines is 1. The van der Waals surface area contributed by atoms with Gasteiger partial charge >= 0.3 is 0 Å². The van der Waals surface area contributed by atoms with Gasteiger partial charge in [-0.25, -0.2) is 0 Å². The van der Waals surface area contributed by atoms with E-state index in [1.54, 1.807) is 13.2 Å². The van der Waals surface area contributed by atoms with E-state index in [4.69, 9.17) is 5.73 Å². The number of aryl methyl sites for hydroxylation is 1. The molecule has 1 aliphatic rings. The highest BCUT2D eigenvalue weighted by Crippen LogP contribution is 2.24. The lowest BCUT2D eigenvalue weighted by molar-refractivity contribution is 0.0868. The maximum absolute atomic E-state index is 12.1. The molecule has 0 saturated heterocycles. The van der Waals surface area contributed by atoms with Gasteiger partial charge in [-0.1, -0.05) is 12.8 Å². The lowest BCUT2D eigenvalue weighted by Gasteiger charge is -2.30. The summed E-state index contributed by atoms with van der Waals surface area (Å²) in [5.74, 6) is -0.105. The Labute approximate surface area is 106 Å². The van der Waals surface area contributed by atoms with Crippen LogP contribution in [0.15, 0.2) is 6.20 Å². The molecule has 2 atom stereocenters. The Morgan fingerprint density at radius 2 is 2.33 bits per heavy atom. The molecule has 1 fully saturated rings. The fraction of sp³-hybridized carbons (Fsp3) is 0.667. The van der Waals surface area contributed by atoms with E-state index in [2.05, 4.69) is 10.4 Å². The van der Waals surface area contributed by atoms with Gasteiger partial charge in [0.2, 0.25) is 0 Å². The van der Waals surface area contributed by atoms with Crippen LogP contribution in [0.25, 0.3) is 0 Å². The van der Waals surface area contributed by atoms with Crippen LogP contribution in [0.4, 0.5) is 5.69 Å². The van der Waals surface area contributed by atoms with Gasteiger partial charge in [-0.15, -0.1) is 0 Å². The van der Waals surface area contributed by atoms with Crippen molar-refractivity contribution in [1.29, 1.82) is 0 Å². The molecule has 0 bridgehead atoms. The highest BCUT2D eigenvalue weighted by Gasteiger charge is 2.27. The summed E-state index contributed by atoms with van der Waals surface area (Å²) in [6, 6.07) is 0.0256. The molecule has 6 nitrogen and oxygen atoms in total. The van der Waals surface area contributed by atoms with E-state index < -0.39 is 0 Å². The Balaban J connectivity index is 2.04. The van der Waals surface area contributed by atoms with E-state index in [1.807, 2.05) is 0 Å². The Bertz CT molecular complexity index is 430. The first kappa shape index (κ1) is 12.9. The lowest BCUT2D eigenvalue weighted by atomic mass is 9.85. The zero-order valence-corrected chi connectivity index (χ0v) is 10.6. The van der Waals surface area contributed by atoms with Crippen LogP contribution < -0.4 is 11.1 Å². The number of aliphatic hydroxyl groups excluding tert-OH is 1. The molecule has 0 aliphatic heterocycles. The highest BCUT2D eigenvalue weighted by molar-refractivity contribution is 5.97. The summed E-state index contributed by atoms with van der Waals surface area (Å²) in [6.07, 6.45) is 5.67. The lowest BCUT2D eigenvalue weighted by Crippen LogP contribution is -2.43. The van der Waals surface area contributed by atoms with Crippen LogP contribution in [0.3, 0.4) is 0 Å². The van der Waals surface area contributed by atoms with Gasteiger partial charge in [0.1, 0.15) is 0 Å². The van der Waals surface area contributed by atoms with Crippen LogP contribution in [-0.2, 0) is 7.05 Å². The Morgan fingerprint density at radius 1 is 1.61 bits per heavy atom. The molecule has 0 radical (unpaired) electrons. The van der Waals surface area contributed by atoms with Crippen LogP contribution in [0.2, 0.25) is 0 Å². The number of hydrogen-bond donors (Lipinski definition) is 3. The van der Waals surface area contributed by atoms with Gasteiger partial charge in [0.05, 0.1) is 5.69 Å². The Kier molecular flexibility index (Phi) is 3.86. The molecular weight excluding hydrogens is 232 g/mol. The zero-order valence-electron chi connectivity index (χ0n) is 10.6. The molecule has 1 amide bonds. The molecular formula is C12H20N4O2. The smallest absolute Gasteiger partial charge is 0.274 e. The van der Waals surface area contributed by atoms with Crippen molar-refractivity contribution in [2.75, 3.05) is 12.3 Å². The number of hydrogen-bond acceptors (Lipinski definition) is 4. The molecule has 1 aliphatic carbocycles. The molecule has 0 aromatic carbocycles. The van der Waals surface area contributed by atoms with Crippen LogP contribution in [0.5, 0.6) is 0 Å². The number of amides is 1. The SMILES string of the molecule is Cn1cc(N)c(C(=O)NC2CCCCC2CO)n1. The van der Waals surface area contributed by atoms with Crippen molar-refractivity contribution in [1.82, 2.24) is 15.1 Å². The second-order valence-electron chi connectivity index (χ2n) is 4.91. The molecule has 1 saturated carbocycles. The van der Waals surface area contributed by atoms with Gasteiger partial charge in [0.15, 0.2) is 5.69 Å². The number of rotatable bonds is 3. The molecule has 2 unspecified atom stereocenters. The minimum absolute atomic E-state index is 0.0256. The van der Waals surface area contributed by atoms with Crippen molar-refractivity contribution in [2.45, 2.75) is 31.7 Å². The first-order valence-corrected chi connectivity index (χ1v) is 6.32. The average Bonchev–Trinajstić information content (AvgIpc) is 2.69. The summed E-state index contributed by atoms with van der Waals surface area (Å²) < 4.78 is 1.52. The van der Waals surface area contributed by atoms with Gasteiger partial charge in [0, 0.05) is 31.8 Å². The van der Waals surface area contributed by atoms with Gasteiger partial charge in [-0.3, -0.25) is 9.48 Å². The third-order valence-corrected chi connectivity index (χ3v) is 3.53. The quantitative estimate of drug-likeness (QED) is 0.720. The van der Waals surface area contributed by atoms with Crippen LogP contribution in [-0.4, -0.2) is 33.4 Å². The maximum Gasteiger partial charge on any atom is 0.274 e. The number of aromatic nitrogens is 2. The molecule has 0 spiro atoms. The first-order chi connectivity index (χ1) is 8.61. The summed E-state index contributed by atoms with van der Waals surface area (Å²) in [5, 5.41) is 16.3. The fourth-order valence-corrected chi connectivity index (χ4v) is 2.54. The van der Waals surface area contributed by atoms with Gasteiger partial charge in [-0.05, 0) is 12.8 Å². The highest BCUT2D eigenvalue weighted by atomic mass is 16.3. The van der Waals surface area contributed by atoms with Crippen molar-refractivity contribution in [3.05, 3.63) is 11.9 Å². The number of nitrogens with two attached hydrogens (primary N) is 1. The van der Waals surface area contributed by atoms with Crippen LogP contribution in [0.1, 0.15) is 36.2 Å². The molecule has 1 aromatic heterocycles. The number of aliphatic hydroxyl groups is 1. The molecule has 1 heterocycles. The molecule has 4 N–H and O–H groups in total. The van der Waals surface area contributed by atoms with Crippen molar-refractivity contribution < 1.29 is 9.90 Å². The molecule has 18 heavy (non-hydrogen) atoms. The maximum atomic E-state index is 12.1. The minimum atomic E-state index is -0.251. The standard InChI is InChI=1S/C12H20N4O2/c1-16-6-9(13)11(15-16)12(18)14-10-5-3-2-4-8(10)7-17/h6,8,10,17H,2-5,7,13H2,1H3,(H,14,18). The molecule has 100 valence electrons. The van der Waals surface area contributed by atoms with Crippen molar-refractivity contribution in [3.8, 4) is 0 Å². The third kappa shape index (κ3) is 2.64. The van der Waals surface area contributed by atoms with Crippen molar-refractivity contribution in [3.63, 3.8) is 0 Å². The van der Waals surface area contributed by atoms with Crippen LogP contribution in [0, 0.1) is 5.92 Å². The number of nitrogens with one attached hydrogen (secondary N) is 1. The van der Waals surface area contributed by atoms with E-state index in [9.17, 15) is 9.90 Å². The van der Waals surface area contributed by atoms with E-state index in [0.29, 0.717) is 5.69 Å². The largest absolute Gasteiger partial charge is 0.396 e. The minimum Gasteiger partial charge on any atom is -0.396 e. The van der Waals surface area contributed by atoms with Crippen LogP contribution >= 0.6 is 0 Å². The number of carbonyl (C=O) groups is 1. The predicted molar refractivity (Wildman–Crippen MR) is 67.9 cm³/mol. The van der Waals surface area contributed by atoms with Crippen molar-refractivity contribution in [2.24, 2.45) is 13.0 Å². The summed E-state index contributed by atoms with van der Waals surface area (Å²) in [4.78, 5) is 12.1. The second-order valence-corrected chi connectivity index (χ2v) is 4.91. The Hall–Kier alpha value is -1.56. The summed E-state index contributed by atoms with van der Waals surface area (Å²) in [7, 11) is 1.73. The second kappa shape index (κ2) is 5.39. The van der Waals surface area contributed by atoms with Gasteiger partial charge < -0.3 is 16.2 Å². The van der Waals surface area contributed by atoms with E-state index in [-0.39, 0.29) is 30.2 Å². The molecule has 2 rings (SSSR count). The average molecular weight is 252 g/mol.